The number of carbonyl (C=O) groups is 2. The van der Waals surface area contributed by atoms with Gasteiger partial charge in [-0.1, -0.05) is 12.1 Å². The van der Waals surface area contributed by atoms with Gasteiger partial charge in [-0.15, -0.1) is 11.3 Å². The van der Waals surface area contributed by atoms with Crippen LogP contribution in [-0.2, 0) is 4.74 Å². The number of amides is 1. The van der Waals surface area contributed by atoms with Gasteiger partial charge in [-0.2, -0.15) is 0 Å². The highest BCUT2D eigenvalue weighted by Crippen LogP contribution is 2.28. The summed E-state index contributed by atoms with van der Waals surface area (Å²) < 4.78 is 5.17. The lowest BCUT2D eigenvalue weighted by atomic mass is 10.1. The van der Waals surface area contributed by atoms with Crippen LogP contribution >= 0.6 is 11.3 Å². The van der Waals surface area contributed by atoms with Crippen molar-refractivity contribution < 1.29 is 19.4 Å². The SMILES string of the molecule is CC(C)(C)OC(=O)Nc1ccc(-c2cc(C(=O)O)cs2)cc1. The summed E-state index contributed by atoms with van der Waals surface area (Å²) >= 11 is 1.37. The van der Waals surface area contributed by atoms with Crippen molar-refractivity contribution in [2.45, 2.75) is 26.4 Å². The second-order valence-electron chi connectivity index (χ2n) is 5.71. The first-order chi connectivity index (χ1) is 10.2. The number of nitrogens with one attached hydrogen (secondary N) is 1. The number of ether oxygens (including phenoxy) is 1. The summed E-state index contributed by atoms with van der Waals surface area (Å²) in [5.74, 6) is -0.939. The molecule has 0 aliphatic rings. The lowest BCUT2D eigenvalue weighted by Crippen LogP contribution is -2.27. The number of benzene rings is 1. The minimum atomic E-state index is -0.939. The number of hydrogen-bond donors (Lipinski definition) is 2. The Kier molecular flexibility index (Phi) is 4.51. The lowest BCUT2D eigenvalue weighted by Gasteiger charge is -2.19. The van der Waals surface area contributed by atoms with Crippen molar-refractivity contribution in [3.8, 4) is 10.4 Å². The molecule has 0 radical (unpaired) electrons. The highest BCUT2D eigenvalue weighted by atomic mass is 32.1. The largest absolute Gasteiger partial charge is 0.478 e. The molecule has 1 heterocycles. The second-order valence-corrected chi connectivity index (χ2v) is 6.62. The van der Waals surface area contributed by atoms with Crippen LogP contribution in [0.1, 0.15) is 31.1 Å². The maximum atomic E-state index is 11.7. The molecule has 0 unspecified atom stereocenters. The Labute approximate surface area is 132 Å². The Balaban J connectivity index is 2.06. The molecule has 0 atom stereocenters. The standard InChI is InChI=1S/C16H17NO4S/c1-16(2,3)21-15(20)17-12-6-4-10(5-7-12)13-8-11(9-22-13)14(18)19/h4-9H,1-3H3,(H,17,20)(H,18,19). The van der Waals surface area contributed by atoms with Crippen molar-refractivity contribution in [1.82, 2.24) is 0 Å². The van der Waals surface area contributed by atoms with E-state index in [1.807, 2.05) is 12.1 Å². The van der Waals surface area contributed by atoms with E-state index in [-0.39, 0.29) is 5.56 Å². The minimum Gasteiger partial charge on any atom is -0.478 e. The number of carbonyl (C=O) groups excluding carboxylic acids is 1. The molecule has 1 aromatic heterocycles. The first-order valence-corrected chi connectivity index (χ1v) is 7.55. The van der Waals surface area contributed by atoms with Crippen molar-refractivity contribution in [1.29, 1.82) is 0 Å². The molecule has 1 aromatic carbocycles. The molecule has 2 aromatic rings. The van der Waals surface area contributed by atoms with Gasteiger partial charge < -0.3 is 9.84 Å². The van der Waals surface area contributed by atoms with Gasteiger partial charge in [0.05, 0.1) is 5.56 Å². The van der Waals surface area contributed by atoms with Crippen molar-refractivity contribution in [2.75, 3.05) is 5.32 Å². The Morgan fingerprint density at radius 2 is 1.82 bits per heavy atom. The molecule has 0 spiro atoms. The van der Waals surface area contributed by atoms with Gasteiger partial charge in [-0.05, 0) is 44.5 Å². The second kappa shape index (κ2) is 6.19. The van der Waals surface area contributed by atoms with Crippen LogP contribution < -0.4 is 5.32 Å². The number of rotatable bonds is 3. The van der Waals surface area contributed by atoms with Gasteiger partial charge in [0.2, 0.25) is 0 Å². The van der Waals surface area contributed by atoms with Crippen molar-refractivity contribution in [3.05, 3.63) is 41.3 Å². The molecule has 116 valence electrons. The first kappa shape index (κ1) is 16.0. The van der Waals surface area contributed by atoms with Crippen molar-refractivity contribution in [2.24, 2.45) is 0 Å². The van der Waals surface area contributed by atoms with Crippen molar-refractivity contribution >= 4 is 29.1 Å². The fraction of sp³-hybridized carbons (Fsp3) is 0.250. The normalized spacial score (nSPS) is 11.0. The van der Waals surface area contributed by atoms with Crippen LogP contribution in [-0.4, -0.2) is 22.8 Å². The summed E-state index contributed by atoms with van der Waals surface area (Å²) in [6, 6.07) is 8.77. The first-order valence-electron chi connectivity index (χ1n) is 6.67. The molecule has 0 fully saturated rings. The Morgan fingerprint density at radius 3 is 2.32 bits per heavy atom. The third kappa shape index (κ3) is 4.33. The molecule has 6 heteroatoms. The van der Waals surface area contributed by atoms with E-state index in [0.717, 1.165) is 10.4 Å². The third-order valence-electron chi connectivity index (χ3n) is 2.66. The molecule has 0 saturated carbocycles. The summed E-state index contributed by atoms with van der Waals surface area (Å²) in [5.41, 5.74) is 1.24. The van der Waals surface area contributed by atoms with Crippen LogP contribution in [0, 0.1) is 0 Å². The average Bonchev–Trinajstić information content (AvgIpc) is 2.87. The number of hydrogen-bond acceptors (Lipinski definition) is 4. The van der Waals surface area contributed by atoms with E-state index < -0.39 is 17.7 Å². The van der Waals surface area contributed by atoms with Gasteiger partial charge >= 0.3 is 12.1 Å². The molecule has 0 aliphatic heterocycles. The Morgan fingerprint density at radius 1 is 1.18 bits per heavy atom. The van der Waals surface area contributed by atoms with Crippen LogP contribution in [0.4, 0.5) is 10.5 Å². The van der Waals surface area contributed by atoms with Crippen LogP contribution in [0.15, 0.2) is 35.7 Å². The monoisotopic (exact) mass is 319 g/mol. The van der Waals surface area contributed by atoms with Gasteiger partial charge in [0, 0.05) is 15.9 Å². The Bertz CT molecular complexity index is 683. The van der Waals surface area contributed by atoms with E-state index in [4.69, 9.17) is 9.84 Å². The van der Waals surface area contributed by atoms with Gasteiger partial charge in [0.15, 0.2) is 0 Å². The van der Waals surface area contributed by atoms with Crippen molar-refractivity contribution in [3.63, 3.8) is 0 Å². The smallest absolute Gasteiger partial charge is 0.412 e. The molecule has 22 heavy (non-hydrogen) atoms. The molecule has 2 N–H and O–H groups in total. The Hall–Kier alpha value is -2.34. The molecule has 0 bridgehead atoms. The highest BCUT2D eigenvalue weighted by Gasteiger charge is 2.16. The molecule has 1 amide bonds. The van der Waals surface area contributed by atoms with E-state index in [1.54, 1.807) is 44.4 Å². The maximum Gasteiger partial charge on any atom is 0.412 e. The fourth-order valence-corrected chi connectivity index (χ4v) is 2.63. The summed E-state index contributed by atoms with van der Waals surface area (Å²) in [6.45, 7) is 5.39. The van der Waals surface area contributed by atoms with Crippen LogP contribution in [0.3, 0.4) is 0 Å². The highest BCUT2D eigenvalue weighted by molar-refractivity contribution is 7.13. The number of carboxylic acid groups (broad SMARTS) is 1. The molecule has 0 aliphatic carbocycles. The van der Waals surface area contributed by atoms with Crippen LogP contribution in [0.2, 0.25) is 0 Å². The third-order valence-corrected chi connectivity index (χ3v) is 3.64. The van der Waals surface area contributed by atoms with Gasteiger partial charge in [-0.25, -0.2) is 9.59 Å². The quantitative estimate of drug-likeness (QED) is 0.875. The lowest BCUT2D eigenvalue weighted by molar-refractivity contribution is 0.0634. The number of thiophene rings is 1. The molecule has 0 saturated heterocycles. The molecule has 5 nitrogen and oxygen atoms in total. The number of carboxylic acids is 1. The maximum absolute atomic E-state index is 11.7. The summed E-state index contributed by atoms with van der Waals surface area (Å²) in [5, 5.41) is 13.2. The van der Waals surface area contributed by atoms with E-state index >= 15 is 0 Å². The fourth-order valence-electron chi connectivity index (χ4n) is 1.74. The summed E-state index contributed by atoms with van der Waals surface area (Å²) in [6.07, 6.45) is -0.510. The van der Waals surface area contributed by atoms with Gasteiger partial charge in [0.25, 0.3) is 0 Å². The topological polar surface area (TPSA) is 75.6 Å². The predicted octanol–water partition coefficient (Wildman–Crippen LogP) is 4.46. The molecular weight excluding hydrogens is 302 g/mol. The minimum absolute atomic E-state index is 0.274. The van der Waals surface area contributed by atoms with Gasteiger partial charge in [-0.3, -0.25) is 5.32 Å². The zero-order valence-corrected chi connectivity index (χ0v) is 13.4. The van der Waals surface area contributed by atoms with E-state index in [1.165, 1.54) is 11.3 Å². The number of aromatic carboxylic acids is 1. The zero-order valence-electron chi connectivity index (χ0n) is 12.5. The van der Waals surface area contributed by atoms with Gasteiger partial charge in [0.1, 0.15) is 5.60 Å². The van der Waals surface area contributed by atoms with Crippen LogP contribution in [0.5, 0.6) is 0 Å². The summed E-state index contributed by atoms with van der Waals surface area (Å²) in [7, 11) is 0. The zero-order chi connectivity index (χ0) is 16.3. The predicted molar refractivity (Wildman–Crippen MR) is 86.6 cm³/mol. The van der Waals surface area contributed by atoms with E-state index in [0.29, 0.717) is 5.69 Å². The average molecular weight is 319 g/mol. The number of anilines is 1. The molecular formula is C16H17NO4S. The van der Waals surface area contributed by atoms with E-state index in [2.05, 4.69) is 5.32 Å². The molecule has 2 rings (SSSR count). The van der Waals surface area contributed by atoms with Crippen LogP contribution in [0.25, 0.3) is 10.4 Å². The van der Waals surface area contributed by atoms with E-state index in [9.17, 15) is 9.59 Å². The summed E-state index contributed by atoms with van der Waals surface area (Å²) in [4.78, 5) is 23.4.